The highest BCUT2D eigenvalue weighted by atomic mass is 19.3. The molecule has 3 aromatic rings. The van der Waals surface area contributed by atoms with Crippen molar-refractivity contribution in [2.75, 3.05) is 11.9 Å². The van der Waals surface area contributed by atoms with Gasteiger partial charge in [0.25, 0.3) is 17.7 Å². The van der Waals surface area contributed by atoms with Crippen molar-refractivity contribution in [3.05, 3.63) is 83.7 Å². The number of nitrogens with one attached hydrogen (secondary N) is 2. The summed E-state index contributed by atoms with van der Waals surface area (Å²) in [5.74, 6) is -3.29. The van der Waals surface area contributed by atoms with Crippen molar-refractivity contribution in [3.8, 4) is 5.88 Å². The fourth-order valence-electron chi connectivity index (χ4n) is 2.80. The Morgan fingerprint density at radius 1 is 1.03 bits per heavy atom. The number of carbonyl (C=O) groups is 2. The Hall–Kier alpha value is -3.88. The second-order valence-electron chi connectivity index (χ2n) is 7.37. The zero-order chi connectivity index (χ0) is 23.8. The minimum Gasteiger partial charge on any atom is -0.471 e. The fraction of sp³-hybridized carbons (Fsp3) is 0.250. The van der Waals surface area contributed by atoms with Gasteiger partial charge in [-0.25, -0.2) is 18.7 Å². The van der Waals surface area contributed by atoms with E-state index in [9.17, 15) is 18.4 Å². The molecule has 2 N–H and O–H groups in total. The molecule has 0 radical (unpaired) electrons. The van der Waals surface area contributed by atoms with Crippen molar-refractivity contribution in [1.29, 1.82) is 0 Å². The van der Waals surface area contributed by atoms with Gasteiger partial charge in [-0.2, -0.15) is 0 Å². The van der Waals surface area contributed by atoms with Crippen molar-refractivity contribution in [1.82, 2.24) is 15.3 Å². The maximum atomic E-state index is 13.3. The number of rotatable bonds is 9. The predicted molar refractivity (Wildman–Crippen MR) is 119 cm³/mol. The molecule has 2 amide bonds. The fourth-order valence-corrected chi connectivity index (χ4v) is 2.80. The third-order valence-corrected chi connectivity index (χ3v) is 4.86. The number of alkyl halides is 2. The van der Waals surface area contributed by atoms with E-state index >= 15 is 0 Å². The summed E-state index contributed by atoms with van der Waals surface area (Å²) in [7, 11) is 0. The molecule has 33 heavy (non-hydrogen) atoms. The first-order chi connectivity index (χ1) is 15.8. The lowest BCUT2D eigenvalue weighted by Gasteiger charge is -2.16. The summed E-state index contributed by atoms with van der Waals surface area (Å²) >= 11 is 0. The minimum atomic E-state index is -2.91. The monoisotopic (exact) mass is 454 g/mol. The van der Waals surface area contributed by atoms with Crippen LogP contribution < -0.4 is 15.4 Å². The van der Waals surface area contributed by atoms with Gasteiger partial charge < -0.3 is 15.4 Å². The van der Waals surface area contributed by atoms with E-state index < -0.39 is 18.6 Å². The molecule has 9 heteroatoms. The van der Waals surface area contributed by atoms with Crippen molar-refractivity contribution < 1.29 is 23.1 Å². The molecule has 0 aliphatic carbocycles. The van der Waals surface area contributed by atoms with Crippen LogP contribution in [0.1, 0.15) is 52.6 Å². The smallest absolute Gasteiger partial charge is 0.281 e. The molecule has 0 aliphatic rings. The summed E-state index contributed by atoms with van der Waals surface area (Å²) in [6, 6.07) is 14.4. The Bertz CT molecular complexity index is 1090. The molecule has 0 saturated carbocycles. The van der Waals surface area contributed by atoms with Crippen LogP contribution in [-0.2, 0) is 0 Å². The van der Waals surface area contributed by atoms with E-state index in [-0.39, 0.29) is 29.9 Å². The Morgan fingerprint density at radius 3 is 2.45 bits per heavy atom. The van der Waals surface area contributed by atoms with E-state index in [0.717, 1.165) is 0 Å². The second kappa shape index (κ2) is 10.6. The Labute approximate surface area is 190 Å². The highest BCUT2D eigenvalue weighted by molar-refractivity contribution is 6.04. The summed E-state index contributed by atoms with van der Waals surface area (Å²) in [5.41, 5.74) is 1.46. The lowest BCUT2D eigenvalue weighted by molar-refractivity contribution is -0.0447. The molecule has 1 atom stereocenters. The molecule has 2 heterocycles. The molecule has 0 saturated heterocycles. The van der Waals surface area contributed by atoms with E-state index in [1.807, 2.05) is 6.07 Å². The van der Waals surface area contributed by atoms with E-state index in [4.69, 9.17) is 4.74 Å². The third kappa shape index (κ3) is 6.80. The Morgan fingerprint density at radius 2 is 1.79 bits per heavy atom. The van der Waals surface area contributed by atoms with Gasteiger partial charge in [0.05, 0.1) is 6.04 Å². The van der Waals surface area contributed by atoms with Crippen LogP contribution >= 0.6 is 0 Å². The lowest BCUT2D eigenvalue weighted by Crippen LogP contribution is -2.27. The maximum Gasteiger partial charge on any atom is 0.281 e. The van der Waals surface area contributed by atoms with Crippen LogP contribution in [0, 0.1) is 0 Å². The Kier molecular flexibility index (Phi) is 7.66. The number of halogens is 2. The van der Waals surface area contributed by atoms with Gasteiger partial charge in [0.1, 0.15) is 5.82 Å². The van der Waals surface area contributed by atoms with Gasteiger partial charge in [0.2, 0.25) is 5.88 Å². The van der Waals surface area contributed by atoms with Gasteiger partial charge in [0.15, 0.2) is 6.61 Å². The quantitative estimate of drug-likeness (QED) is 0.491. The van der Waals surface area contributed by atoms with Gasteiger partial charge in [-0.1, -0.05) is 31.2 Å². The molecule has 0 spiro atoms. The highest BCUT2D eigenvalue weighted by Crippen LogP contribution is 2.21. The zero-order valence-corrected chi connectivity index (χ0v) is 18.2. The van der Waals surface area contributed by atoms with Crippen LogP contribution in [-0.4, -0.2) is 34.3 Å². The van der Waals surface area contributed by atoms with Gasteiger partial charge in [0, 0.05) is 36.0 Å². The van der Waals surface area contributed by atoms with Crippen molar-refractivity contribution in [3.63, 3.8) is 0 Å². The number of pyridine rings is 2. The largest absolute Gasteiger partial charge is 0.471 e. The molecule has 2 aromatic heterocycles. The predicted octanol–water partition coefficient (Wildman–Crippen LogP) is 4.64. The molecule has 3 rings (SSSR count). The lowest BCUT2D eigenvalue weighted by atomic mass is 10.1. The first kappa shape index (κ1) is 23.8. The summed E-state index contributed by atoms with van der Waals surface area (Å²) in [4.78, 5) is 33.1. The number of ether oxygens (including phenoxy) is 1. The van der Waals surface area contributed by atoms with Crippen LogP contribution in [0.2, 0.25) is 0 Å². The van der Waals surface area contributed by atoms with E-state index in [1.165, 1.54) is 37.5 Å². The van der Waals surface area contributed by atoms with Crippen molar-refractivity contribution in [2.45, 2.75) is 32.2 Å². The third-order valence-electron chi connectivity index (χ3n) is 4.86. The number of hydrogen-bond acceptors (Lipinski definition) is 5. The summed E-state index contributed by atoms with van der Waals surface area (Å²) in [5, 5.41) is 5.49. The van der Waals surface area contributed by atoms with E-state index in [2.05, 4.69) is 20.6 Å². The Balaban J connectivity index is 1.59. The van der Waals surface area contributed by atoms with Gasteiger partial charge in [-0.05, 0) is 36.8 Å². The van der Waals surface area contributed by atoms with Crippen LogP contribution in [0.15, 0.2) is 67.0 Å². The minimum absolute atomic E-state index is 0.0818. The van der Waals surface area contributed by atoms with Crippen LogP contribution in [0.3, 0.4) is 0 Å². The van der Waals surface area contributed by atoms with Crippen LogP contribution in [0.25, 0.3) is 0 Å². The molecule has 172 valence electrons. The molecule has 0 bridgehead atoms. The van der Waals surface area contributed by atoms with Gasteiger partial charge in [-0.15, -0.1) is 0 Å². The number of benzene rings is 1. The summed E-state index contributed by atoms with van der Waals surface area (Å²) in [6.45, 7) is 2.40. The SMILES string of the molecule is CCC(F)(F)COc1ccc(C(C)NC(=O)c2ccnc(NC(=O)c3ccccc3)c2)cn1. The zero-order valence-electron chi connectivity index (χ0n) is 18.2. The van der Waals surface area contributed by atoms with Gasteiger partial charge in [-0.3, -0.25) is 9.59 Å². The van der Waals surface area contributed by atoms with Crippen molar-refractivity contribution >= 4 is 17.6 Å². The van der Waals surface area contributed by atoms with Gasteiger partial charge >= 0.3 is 0 Å². The standard InChI is InChI=1S/C24H24F2N4O3/c1-3-24(25,26)15-33-21-10-9-19(14-28-21)16(2)29-23(32)18-11-12-27-20(13-18)30-22(31)17-7-5-4-6-8-17/h4-14,16H,3,15H2,1-2H3,(H,29,32)(H,27,30,31). The number of amides is 2. The molecular weight excluding hydrogens is 430 g/mol. The van der Waals surface area contributed by atoms with Crippen LogP contribution in [0.4, 0.5) is 14.6 Å². The number of hydrogen-bond donors (Lipinski definition) is 2. The maximum absolute atomic E-state index is 13.3. The van der Waals surface area contributed by atoms with E-state index in [0.29, 0.717) is 16.7 Å². The molecule has 0 fully saturated rings. The number of carbonyl (C=O) groups excluding carboxylic acids is 2. The highest BCUT2D eigenvalue weighted by Gasteiger charge is 2.27. The first-order valence-electron chi connectivity index (χ1n) is 10.4. The number of anilines is 1. The summed E-state index contributed by atoms with van der Waals surface area (Å²) < 4.78 is 31.6. The van der Waals surface area contributed by atoms with Crippen LogP contribution in [0.5, 0.6) is 5.88 Å². The summed E-state index contributed by atoms with van der Waals surface area (Å²) in [6.07, 6.45) is 2.57. The average molecular weight is 454 g/mol. The normalized spacial score (nSPS) is 12.0. The molecular formula is C24H24F2N4O3. The topological polar surface area (TPSA) is 93.2 Å². The first-order valence-corrected chi connectivity index (χ1v) is 10.4. The van der Waals surface area contributed by atoms with E-state index in [1.54, 1.807) is 37.3 Å². The molecule has 1 unspecified atom stereocenters. The molecule has 0 aliphatic heterocycles. The second-order valence-corrected chi connectivity index (χ2v) is 7.37. The number of nitrogens with zero attached hydrogens (tertiary/aromatic N) is 2. The average Bonchev–Trinajstić information content (AvgIpc) is 2.83. The molecule has 1 aromatic carbocycles. The number of aromatic nitrogens is 2. The molecule has 7 nitrogen and oxygen atoms in total. The van der Waals surface area contributed by atoms with Crippen molar-refractivity contribution in [2.24, 2.45) is 0 Å².